The summed E-state index contributed by atoms with van der Waals surface area (Å²) in [5.74, 6) is -1.05. The number of anilines is 1. The average molecular weight is 604 g/mol. The van der Waals surface area contributed by atoms with Gasteiger partial charge in [0, 0.05) is 0 Å². The number of hydrogen-bond acceptors (Lipinski definition) is 3. The lowest BCUT2D eigenvalue weighted by Gasteiger charge is -2.18. The van der Waals surface area contributed by atoms with Crippen molar-refractivity contribution in [1.82, 2.24) is 0 Å². The van der Waals surface area contributed by atoms with Gasteiger partial charge in [-0.25, -0.2) is 9.00 Å². The second-order valence-electron chi connectivity index (χ2n) is 10.3. The Kier molecular flexibility index (Phi) is 8.54. The Morgan fingerprint density at radius 1 is 0.884 bits per heavy atom. The highest BCUT2D eigenvalue weighted by Crippen LogP contribution is 2.36. The van der Waals surface area contributed by atoms with Gasteiger partial charge in [0.25, 0.3) is 0 Å². The summed E-state index contributed by atoms with van der Waals surface area (Å²) in [6.45, 7) is 4.03. The van der Waals surface area contributed by atoms with Crippen LogP contribution in [0, 0.1) is 0 Å². The van der Waals surface area contributed by atoms with Gasteiger partial charge >= 0.3 is 12.1 Å². The van der Waals surface area contributed by atoms with Crippen molar-refractivity contribution in [1.29, 1.82) is 0 Å². The van der Waals surface area contributed by atoms with Crippen LogP contribution < -0.4 is 9.46 Å². The first-order valence-corrected chi connectivity index (χ1v) is 14.6. The second kappa shape index (κ2) is 12.3. The first kappa shape index (κ1) is 29.8. The van der Waals surface area contributed by atoms with Gasteiger partial charge in [-0.2, -0.15) is 13.2 Å². The van der Waals surface area contributed by atoms with E-state index in [4.69, 9.17) is 4.74 Å². The number of carbonyl (C=O) groups is 1. The van der Waals surface area contributed by atoms with Crippen LogP contribution in [0.15, 0.2) is 108 Å². The van der Waals surface area contributed by atoms with E-state index in [1.165, 1.54) is 12.1 Å². The van der Waals surface area contributed by atoms with E-state index in [2.05, 4.69) is 4.72 Å². The molecule has 0 spiro atoms. The first-order chi connectivity index (χ1) is 20.5. The van der Waals surface area contributed by atoms with Crippen LogP contribution in [-0.4, -0.2) is 15.3 Å². The van der Waals surface area contributed by atoms with Gasteiger partial charge in [-0.1, -0.05) is 74.5 Å². The summed E-state index contributed by atoms with van der Waals surface area (Å²) in [7, 11) is -1.71. The summed E-state index contributed by atoms with van der Waals surface area (Å²) >= 11 is 0. The van der Waals surface area contributed by atoms with E-state index in [9.17, 15) is 27.3 Å². The third kappa shape index (κ3) is 6.89. The van der Waals surface area contributed by atoms with Crippen LogP contribution in [0.1, 0.15) is 46.8 Å². The topological polar surface area (TPSA) is 75.6 Å². The maximum atomic E-state index is 13.3. The molecule has 5 rings (SSSR count). The number of carboxylic acid groups (broad SMARTS) is 1. The normalized spacial score (nSPS) is 12.3. The van der Waals surface area contributed by atoms with Crippen LogP contribution >= 0.6 is 0 Å². The van der Waals surface area contributed by atoms with Crippen molar-refractivity contribution >= 4 is 33.4 Å². The van der Waals surface area contributed by atoms with Gasteiger partial charge in [0.1, 0.15) is 23.3 Å². The van der Waals surface area contributed by atoms with Gasteiger partial charge in [0.05, 0.1) is 21.7 Å². The van der Waals surface area contributed by atoms with E-state index in [1.54, 1.807) is 30.3 Å². The molecule has 43 heavy (non-hydrogen) atoms. The maximum Gasteiger partial charge on any atom is 0.416 e. The fourth-order valence-electron chi connectivity index (χ4n) is 4.76. The van der Waals surface area contributed by atoms with Crippen molar-refractivity contribution in [3.05, 3.63) is 125 Å². The van der Waals surface area contributed by atoms with E-state index < -0.39 is 28.7 Å². The Morgan fingerprint density at radius 3 is 2.28 bits per heavy atom. The molecule has 0 aliphatic heterocycles. The van der Waals surface area contributed by atoms with Crippen molar-refractivity contribution in [3.8, 4) is 16.9 Å². The number of benzene rings is 5. The Morgan fingerprint density at radius 2 is 1.60 bits per heavy atom. The lowest BCUT2D eigenvalue weighted by atomic mass is 9.90. The molecule has 0 aliphatic carbocycles. The van der Waals surface area contributed by atoms with E-state index in [0.29, 0.717) is 10.5 Å². The largest absolute Gasteiger partial charge is 0.489 e. The van der Waals surface area contributed by atoms with Crippen LogP contribution in [0.3, 0.4) is 0 Å². The molecule has 0 radical (unpaired) electrons. The molecule has 1 unspecified atom stereocenters. The van der Waals surface area contributed by atoms with Gasteiger partial charge in [0.2, 0.25) is 0 Å². The molecule has 0 saturated heterocycles. The number of alkyl halides is 3. The average Bonchev–Trinajstić information content (AvgIpc) is 2.99. The van der Waals surface area contributed by atoms with Gasteiger partial charge in [-0.15, -0.1) is 0 Å². The summed E-state index contributed by atoms with van der Waals surface area (Å²) < 4.78 is 60.8. The lowest BCUT2D eigenvalue weighted by Crippen LogP contribution is -2.11. The lowest BCUT2D eigenvalue weighted by molar-refractivity contribution is -0.137. The molecule has 0 aliphatic rings. The highest BCUT2D eigenvalue weighted by atomic mass is 32.2. The van der Waals surface area contributed by atoms with Gasteiger partial charge in [0.15, 0.2) is 0 Å². The predicted octanol–water partition coefficient (Wildman–Crippen LogP) is 9.06. The Bertz CT molecular complexity index is 1820. The summed E-state index contributed by atoms with van der Waals surface area (Å²) in [5, 5.41) is 12.0. The van der Waals surface area contributed by atoms with Crippen LogP contribution in [-0.2, 0) is 23.8 Å². The number of fused-ring (bicyclic) bond motifs is 1. The molecule has 0 saturated carbocycles. The number of ether oxygens (including phenoxy) is 1. The molecule has 0 bridgehead atoms. The number of nitrogens with one attached hydrogen (secondary N) is 1. The zero-order valence-electron chi connectivity index (χ0n) is 23.3. The minimum Gasteiger partial charge on any atom is -0.489 e. The highest BCUT2D eigenvalue weighted by Gasteiger charge is 2.30. The van der Waals surface area contributed by atoms with Crippen LogP contribution in [0.25, 0.3) is 21.9 Å². The van der Waals surface area contributed by atoms with Crippen molar-refractivity contribution in [2.45, 2.75) is 37.4 Å². The molecule has 5 nitrogen and oxygen atoms in total. The van der Waals surface area contributed by atoms with E-state index in [-0.39, 0.29) is 29.5 Å². The van der Waals surface area contributed by atoms with Crippen LogP contribution in [0.2, 0.25) is 0 Å². The molecule has 9 heteroatoms. The number of halogens is 3. The zero-order chi connectivity index (χ0) is 30.7. The maximum absolute atomic E-state index is 13.3. The Balaban J connectivity index is 1.40. The molecule has 0 amide bonds. The minimum atomic E-state index is -4.46. The zero-order valence-corrected chi connectivity index (χ0v) is 24.1. The number of carboxylic acids is 1. The molecule has 5 aromatic carbocycles. The van der Waals surface area contributed by atoms with Gasteiger partial charge in [-0.3, -0.25) is 0 Å². The minimum absolute atomic E-state index is 0.0106. The van der Waals surface area contributed by atoms with Gasteiger partial charge in [-0.05, 0) is 81.4 Å². The van der Waals surface area contributed by atoms with E-state index in [0.717, 1.165) is 39.6 Å². The fourth-order valence-corrected chi connectivity index (χ4v) is 5.67. The number of hydrogen-bond donors (Lipinski definition) is 2. The Hall–Kier alpha value is -4.63. The fraction of sp³-hybridized carbons (Fsp3) is 0.147. The molecule has 0 heterocycles. The summed E-state index contributed by atoms with van der Waals surface area (Å²) in [4.78, 5) is 12.8. The summed E-state index contributed by atoms with van der Waals surface area (Å²) in [6, 6.07) is 28.4. The predicted molar refractivity (Wildman–Crippen MR) is 163 cm³/mol. The molecule has 0 aromatic heterocycles. The SMILES string of the molecule is CC(C)c1cc(NS(=O)c2ccc3ccccc3c2)c(C(=O)O)cc1-c1ccc(COc2cccc(C(F)(F)F)c2)cc1. The molecule has 0 fully saturated rings. The third-order valence-electron chi connectivity index (χ3n) is 7.01. The third-order valence-corrected chi connectivity index (χ3v) is 8.10. The smallest absolute Gasteiger partial charge is 0.416 e. The summed E-state index contributed by atoms with van der Waals surface area (Å²) in [6.07, 6.45) is -4.46. The molecule has 5 aromatic rings. The number of rotatable bonds is 9. The second-order valence-corrected chi connectivity index (χ2v) is 11.5. The van der Waals surface area contributed by atoms with Crippen molar-refractivity contribution < 1.29 is 32.0 Å². The first-order valence-electron chi connectivity index (χ1n) is 13.5. The molecule has 2 N–H and O–H groups in total. The number of aromatic carboxylic acids is 1. The molecule has 1 atom stereocenters. The Labute approximate surface area is 249 Å². The quantitative estimate of drug-likeness (QED) is 0.176. The molecular formula is C34H28F3NO4S. The molecule has 220 valence electrons. The van der Waals surface area contributed by atoms with Crippen LogP contribution in [0.5, 0.6) is 5.75 Å². The van der Waals surface area contributed by atoms with Crippen molar-refractivity contribution in [2.24, 2.45) is 0 Å². The van der Waals surface area contributed by atoms with Crippen molar-refractivity contribution in [3.63, 3.8) is 0 Å². The highest BCUT2D eigenvalue weighted by molar-refractivity contribution is 7.86. The van der Waals surface area contributed by atoms with Crippen LogP contribution in [0.4, 0.5) is 18.9 Å². The van der Waals surface area contributed by atoms with E-state index >= 15 is 0 Å². The molecular weight excluding hydrogens is 575 g/mol. The van der Waals surface area contributed by atoms with E-state index in [1.807, 2.05) is 62.4 Å². The summed E-state index contributed by atoms with van der Waals surface area (Å²) in [5.41, 5.74) is 2.50. The van der Waals surface area contributed by atoms with Gasteiger partial charge < -0.3 is 14.6 Å². The standard InChI is InChI=1S/C34H28F3NO4S/c1-21(2)29-19-32(38-43(41)28-15-14-23-6-3-4-7-25(23)16-28)31(33(39)40)18-30(29)24-12-10-22(11-13-24)20-42-27-9-5-8-26(17-27)34(35,36)37/h3-19,21,38H,20H2,1-2H3,(H,39,40). The monoisotopic (exact) mass is 603 g/mol. The van der Waals surface area contributed by atoms with Crippen molar-refractivity contribution in [2.75, 3.05) is 4.72 Å².